The lowest BCUT2D eigenvalue weighted by molar-refractivity contribution is -0.119. The number of rotatable bonds is 8. The maximum absolute atomic E-state index is 11.9. The molecule has 2 N–H and O–H groups in total. The Morgan fingerprint density at radius 3 is 2.60 bits per heavy atom. The summed E-state index contributed by atoms with van der Waals surface area (Å²) in [6.07, 6.45) is 1.50. The summed E-state index contributed by atoms with van der Waals surface area (Å²) in [5, 5.41) is 6.94. The molecule has 7 nitrogen and oxygen atoms in total. The minimum atomic E-state index is -0.277. The smallest absolute Gasteiger partial charge is 0.259 e. The number of hydrogen-bond donors (Lipinski definition) is 2. The van der Waals surface area contributed by atoms with Gasteiger partial charge in [0.1, 0.15) is 5.75 Å². The van der Waals surface area contributed by atoms with Crippen LogP contribution in [0.2, 0.25) is 0 Å². The van der Waals surface area contributed by atoms with Crippen molar-refractivity contribution in [2.75, 3.05) is 33.2 Å². The first-order valence-electron chi connectivity index (χ1n) is 7.58. The van der Waals surface area contributed by atoms with Crippen molar-refractivity contribution in [3.63, 3.8) is 0 Å². The van der Waals surface area contributed by atoms with Crippen LogP contribution in [-0.2, 0) is 4.79 Å². The van der Waals surface area contributed by atoms with Gasteiger partial charge in [0.2, 0.25) is 0 Å². The molecule has 25 heavy (non-hydrogen) atoms. The number of benzene rings is 2. The van der Waals surface area contributed by atoms with E-state index in [1.807, 2.05) is 30.3 Å². The summed E-state index contributed by atoms with van der Waals surface area (Å²) in [6.45, 7) is 0.0831. The molecule has 0 bridgehead atoms. The Labute approximate surface area is 146 Å². The quantitative estimate of drug-likeness (QED) is 0.568. The van der Waals surface area contributed by atoms with E-state index in [1.54, 1.807) is 33.5 Å². The molecule has 0 aromatic heterocycles. The summed E-state index contributed by atoms with van der Waals surface area (Å²) in [7, 11) is 4.70. The molecule has 132 valence electrons. The fourth-order valence-electron chi connectivity index (χ4n) is 2.14. The second-order valence-electron chi connectivity index (χ2n) is 4.96. The van der Waals surface area contributed by atoms with E-state index >= 15 is 0 Å². The normalized spacial score (nSPS) is 10.4. The second kappa shape index (κ2) is 9.17. The van der Waals surface area contributed by atoms with Gasteiger partial charge >= 0.3 is 0 Å². The molecule has 7 heteroatoms. The summed E-state index contributed by atoms with van der Waals surface area (Å²) in [4.78, 5) is 11.9. The monoisotopic (exact) mass is 343 g/mol. The zero-order valence-corrected chi connectivity index (χ0v) is 14.4. The first-order valence-corrected chi connectivity index (χ1v) is 7.58. The summed E-state index contributed by atoms with van der Waals surface area (Å²) >= 11 is 0. The van der Waals surface area contributed by atoms with E-state index in [4.69, 9.17) is 14.2 Å². The zero-order valence-electron chi connectivity index (χ0n) is 14.4. The van der Waals surface area contributed by atoms with Gasteiger partial charge in [0.25, 0.3) is 5.91 Å². The van der Waals surface area contributed by atoms with E-state index in [1.165, 1.54) is 6.21 Å². The van der Waals surface area contributed by atoms with Crippen LogP contribution in [0.4, 0.5) is 5.69 Å². The maximum atomic E-state index is 11.9. The highest BCUT2D eigenvalue weighted by Gasteiger charge is 2.07. The van der Waals surface area contributed by atoms with Gasteiger partial charge in [-0.3, -0.25) is 4.79 Å². The fourth-order valence-corrected chi connectivity index (χ4v) is 2.14. The van der Waals surface area contributed by atoms with E-state index in [9.17, 15) is 4.79 Å². The average Bonchev–Trinajstić information content (AvgIpc) is 2.66. The molecule has 0 radical (unpaired) electrons. The van der Waals surface area contributed by atoms with Gasteiger partial charge in [-0.2, -0.15) is 5.10 Å². The minimum Gasteiger partial charge on any atom is -0.497 e. The third-order valence-corrected chi connectivity index (χ3v) is 3.35. The number of carbonyl (C=O) groups excluding carboxylic acids is 1. The lowest BCUT2D eigenvalue weighted by atomic mass is 10.2. The van der Waals surface area contributed by atoms with Gasteiger partial charge in [-0.25, -0.2) is 5.43 Å². The number of anilines is 1. The summed E-state index contributed by atoms with van der Waals surface area (Å²) < 4.78 is 15.6. The average molecular weight is 343 g/mol. The van der Waals surface area contributed by atoms with Crippen LogP contribution in [0.25, 0.3) is 0 Å². The Morgan fingerprint density at radius 2 is 1.88 bits per heavy atom. The third-order valence-electron chi connectivity index (χ3n) is 3.35. The van der Waals surface area contributed by atoms with Gasteiger partial charge < -0.3 is 19.5 Å². The molecule has 2 rings (SSSR count). The molecule has 0 atom stereocenters. The van der Waals surface area contributed by atoms with Crippen molar-refractivity contribution in [1.82, 2.24) is 5.43 Å². The van der Waals surface area contributed by atoms with Crippen LogP contribution in [0, 0.1) is 0 Å². The topological polar surface area (TPSA) is 81.2 Å². The number of nitrogens with zero attached hydrogens (tertiary/aromatic N) is 1. The standard InChI is InChI=1S/C18H21N3O4/c1-23-15-8-5-7-14(10-15)19-12-17(22)21-20-11-13-6-4-9-16(24-2)18(13)25-3/h4-11,19H,12H2,1-3H3,(H,21,22)/b20-11-. The molecule has 0 aliphatic rings. The number of nitrogens with one attached hydrogen (secondary N) is 2. The molecule has 2 aromatic carbocycles. The number of para-hydroxylation sites is 1. The van der Waals surface area contributed by atoms with Crippen molar-refractivity contribution in [3.8, 4) is 17.2 Å². The first kappa shape index (κ1) is 18.1. The maximum Gasteiger partial charge on any atom is 0.259 e. The van der Waals surface area contributed by atoms with Crippen molar-refractivity contribution in [2.45, 2.75) is 0 Å². The predicted molar refractivity (Wildman–Crippen MR) is 96.8 cm³/mol. The predicted octanol–water partition coefficient (Wildman–Crippen LogP) is 2.27. The highest BCUT2D eigenvalue weighted by molar-refractivity contribution is 5.87. The largest absolute Gasteiger partial charge is 0.497 e. The van der Waals surface area contributed by atoms with Crippen LogP contribution >= 0.6 is 0 Å². The van der Waals surface area contributed by atoms with E-state index in [0.29, 0.717) is 22.8 Å². The van der Waals surface area contributed by atoms with E-state index in [-0.39, 0.29) is 12.5 Å². The van der Waals surface area contributed by atoms with Gasteiger partial charge in [-0.1, -0.05) is 12.1 Å². The van der Waals surface area contributed by atoms with Crippen molar-refractivity contribution < 1.29 is 19.0 Å². The molecule has 0 spiro atoms. The molecule has 0 aliphatic carbocycles. The highest BCUT2D eigenvalue weighted by Crippen LogP contribution is 2.29. The Morgan fingerprint density at radius 1 is 1.08 bits per heavy atom. The molecule has 1 amide bonds. The Bertz CT molecular complexity index is 747. The SMILES string of the molecule is COc1cccc(NCC(=O)N/N=C\c2cccc(OC)c2OC)c1. The zero-order chi connectivity index (χ0) is 18.1. The lowest BCUT2D eigenvalue weighted by Crippen LogP contribution is -2.25. The lowest BCUT2D eigenvalue weighted by Gasteiger charge is -2.09. The fraction of sp³-hybridized carbons (Fsp3) is 0.222. The van der Waals surface area contributed by atoms with Crippen LogP contribution < -0.4 is 25.0 Å². The van der Waals surface area contributed by atoms with Gasteiger partial charge in [0, 0.05) is 17.3 Å². The molecular weight excluding hydrogens is 322 g/mol. The molecule has 0 unspecified atom stereocenters. The summed E-state index contributed by atoms with van der Waals surface area (Å²) in [6, 6.07) is 12.7. The molecule has 0 aliphatic heterocycles. The van der Waals surface area contributed by atoms with Gasteiger partial charge in [0.05, 0.1) is 34.1 Å². The third kappa shape index (κ3) is 5.13. The first-order chi connectivity index (χ1) is 12.2. The summed E-state index contributed by atoms with van der Waals surface area (Å²) in [5.74, 6) is 1.59. The highest BCUT2D eigenvalue weighted by atomic mass is 16.5. The van der Waals surface area contributed by atoms with E-state index < -0.39 is 0 Å². The Hall–Kier alpha value is -3.22. The van der Waals surface area contributed by atoms with E-state index in [2.05, 4.69) is 15.8 Å². The van der Waals surface area contributed by atoms with Crippen molar-refractivity contribution >= 4 is 17.8 Å². The van der Waals surface area contributed by atoms with Gasteiger partial charge in [-0.05, 0) is 24.3 Å². The van der Waals surface area contributed by atoms with Crippen LogP contribution in [0.3, 0.4) is 0 Å². The molecule has 0 fully saturated rings. The molecular formula is C18H21N3O4. The van der Waals surface area contributed by atoms with E-state index in [0.717, 1.165) is 5.69 Å². The van der Waals surface area contributed by atoms with Gasteiger partial charge in [0.15, 0.2) is 11.5 Å². The minimum absolute atomic E-state index is 0.0831. The summed E-state index contributed by atoms with van der Waals surface area (Å²) in [5.41, 5.74) is 3.94. The molecule has 0 heterocycles. The molecule has 2 aromatic rings. The number of hydrogen-bond acceptors (Lipinski definition) is 6. The molecule has 0 saturated carbocycles. The van der Waals surface area contributed by atoms with Gasteiger partial charge in [-0.15, -0.1) is 0 Å². The van der Waals surface area contributed by atoms with Crippen molar-refractivity contribution in [1.29, 1.82) is 0 Å². The number of hydrazone groups is 1. The molecule has 0 saturated heterocycles. The Kier molecular flexibility index (Phi) is 6.65. The Balaban J connectivity index is 1.90. The van der Waals surface area contributed by atoms with Crippen LogP contribution in [-0.4, -0.2) is 40.0 Å². The van der Waals surface area contributed by atoms with Crippen molar-refractivity contribution in [2.24, 2.45) is 5.10 Å². The second-order valence-corrected chi connectivity index (χ2v) is 4.96. The van der Waals surface area contributed by atoms with Crippen LogP contribution in [0.5, 0.6) is 17.2 Å². The van der Waals surface area contributed by atoms with Crippen LogP contribution in [0.15, 0.2) is 47.6 Å². The van der Waals surface area contributed by atoms with Crippen molar-refractivity contribution in [3.05, 3.63) is 48.0 Å². The van der Waals surface area contributed by atoms with Crippen LogP contribution in [0.1, 0.15) is 5.56 Å². The number of methoxy groups -OCH3 is 3. The number of amides is 1. The number of carbonyl (C=O) groups is 1. The number of ether oxygens (including phenoxy) is 3.